The van der Waals surface area contributed by atoms with Crippen LogP contribution in [0.1, 0.15) is 31.2 Å². The molecule has 2 amide bonds. The van der Waals surface area contributed by atoms with Crippen molar-refractivity contribution in [1.82, 2.24) is 15.5 Å². The number of halogens is 4. The van der Waals surface area contributed by atoms with E-state index in [0.29, 0.717) is 36.9 Å². The molecular formula is C21H26ClF3N4O5S. The largest absolute Gasteiger partial charge is 0.479 e. The van der Waals surface area contributed by atoms with E-state index in [0.717, 1.165) is 32.5 Å². The number of benzene rings is 1. The van der Waals surface area contributed by atoms with Gasteiger partial charge in [0.1, 0.15) is 17.8 Å². The number of carbonyl (C=O) groups is 2. The maximum Gasteiger partial charge on any atom is 0.337 e. The smallest absolute Gasteiger partial charge is 0.337 e. The van der Waals surface area contributed by atoms with E-state index in [1.54, 1.807) is 0 Å². The van der Waals surface area contributed by atoms with E-state index in [2.05, 4.69) is 19.9 Å². The summed E-state index contributed by atoms with van der Waals surface area (Å²) in [7, 11) is 0. The second kappa shape index (κ2) is 12.2. The van der Waals surface area contributed by atoms with Crippen LogP contribution in [-0.2, 0) is 16.1 Å². The van der Waals surface area contributed by atoms with Gasteiger partial charge in [-0.25, -0.2) is 22.8 Å². The first-order chi connectivity index (χ1) is 16.6. The van der Waals surface area contributed by atoms with Crippen LogP contribution >= 0.6 is 23.5 Å². The first-order valence-corrected chi connectivity index (χ1v) is 12.2. The van der Waals surface area contributed by atoms with Crippen LogP contribution in [0.15, 0.2) is 16.5 Å². The number of likely N-dealkylation sites (tertiary alicyclic amines) is 1. The molecule has 14 heteroatoms. The number of aliphatic carboxylic acids is 1. The minimum absolute atomic E-state index is 0.134. The maximum atomic E-state index is 13.9. The Balaban J connectivity index is 1.49. The molecule has 0 spiro atoms. The number of urea groups is 1. The molecule has 3 unspecified atom stereocenters. The first kappa shape index (κ1) is 27.4. The topological polar surface area (TPSA) is 123 Å². The zero-order chi connectivity index (χ0) is 25.6. The molecule has 0 bridgehead atoms. The van der Waals surface area contributed by atoms with Gasteiger partial charge >= 0.3 is 12.0 Å². The predicted molar refractivity (Wildman–Crippen MR) is 124 cm³/mol. The molecule has 0 saturated carbocycles. The maximum absolute atomic E-state index is 13.9. The average Bonchev–Trinajstić information content (AvgIpc) is 3.44. The van der Waals surface area contributed by atoms with Gasteiger partial charge in [0.25, 0.3) is 0 Å². The fraction of sp³-hybridized carbons (Fsp3) is 0.571. The average molecular weight is 539 g/mol. The zero-order valence-electron chi connectivity index (χ0n) is 18.6. The Kier molecular flexibility index (Phi) is 9.50. The summed E-state index contributed by atoms with van der Waals surface area (Å²) in [6.45, 7) is 2.09. The van der Waals surface area contributed by atoms with Crippen LogP contribution in [0.25, 0.3) is 0 Å². The van der Waals surface area contributed by atoms with Crippen LogP contribution in [0.5, 0.6) is 0 Å². The van der Waals surface area contributed by atoms with Crippen LogP contribution in [0.2, 0.25) is 0 Å². The first-order valence-electron chi connectivity index (χ1n) is 11.0. The SMILES string of the molecule is O=C(NCCC(O)CCN1CCCC1)NC1SN=C(OCc2c(F)ccc(F)c2F)C1(Cl)C(=O)O. The van der Waals surface area contributed by atoms with Crippen molar-refractivity contribution in [2.45, 2.75) is 48.6 Å². The van der Waals surface area contributed by atoms with Gasteiger partial charge in [0, 0.05) is 25.0 Å². The van der Waals surface area contributed by atoms with Gasteiger partial charge in [-0.2, -0.15) is 4.40 Å². The number of carboxylic acids is 1. The molecule has 0 aliphatic carbocycles. The number of alkyl halides is 1. The van der Waals surface area contributed by atoms with E-state index in [-0.39, 0.29) is 6.54 Å². The van der Waals surface area contributed by atoms with Gasteiger partial charge in [-0.1, -0.05) is 11.6 Å². The lowest BCUT2D eigenvalue weighted by Gasteiger charge is -2.25. The van der Waals surface area contributed by atoms with Crippen molar-refractivity contribution >= 4 is 41.4 Å². The molecule has 3 rings (SSSR count). The van der Waals surface area contributed by atoms with Crippen LogP contribution < -0.4 is 10.6 Å². The number of carbonyl (C=O) groups excluding carboxylic acids is 1. The van der Waals surface area contributed by atoms with Crippen molar-refractivity contribution in [3.05, 3.63) is 35.1 Å². The molecule has 9 nitrogen and oxygen atoms in total. The molecule has 2 aliphatic rings. The molecule has 1 aromatic carbocycles. The van der Waals surface area contributed by atoms with E-state index in [4.69, 9.17) is 16.3 Å². The summed E-state index contributed by atoms with van der Waals surface area (Å²) in [5, 5.41) is 23.3. The van der Waals surface area contributed by atoms with Gasteiger partial charge in [-0.05, 0) is 50.9 Å². The highest BCUT2D eigenvalue weighted by Gasteiger charge is 2.56. The van der Waals surface area contributed by atoms with Crippen LogP contribution in [-0.4, -0.2) is 75.5 Å². The van der Waals surface area contributed by atoms with E-state index < -0.39 is 63.9 Å². The molecule has 1 aromatic rings. The number of nitrogens with zero attached hydrogens (tertiary/aromatic N) is 2. The molecular weight excluding hydrogens is 513 g/mol. The highest BCUT2D eigenvalue weighted by Crippen LogP contribution is 2.39. The van der Waals surface area contributed by atoms with Gasteiger partial charge in [-0.3, -0.25) is 0 Å². The van der Waals surface area contributed by atoms with Crippen LogP contribution in [0, 0.1) is 17.5 Å². The molecule has 1 fully saturated rings. The number of amides is 2. The van der Waals surface area contributed by atoms with Crippen LogP contribution in [0.3, 0.4) is 0 Å². The van der Waals surface area contributed by atoms with Crippen molar-refractivity contribution in [3.8, 4) is 0 Å². The normalized spacial score (nSPS) is 23.1. The minimum atomic E-state index is -2.38. The van der Waals surface area contributed by atoms with E-state index in [1.165, 1.54) is 0 Å². The number of carboxylic acid groups (broad SMARTS) is 1. The number of hydrogen-bond acceptors (Lipinski definition) is 7. The number of aliphatic hydroxyl groups excluding tert-OH is 1. The van der Waals surface area contributed by atoms with Gasteiger partial charge in [0.15, 0.2) is 11.6 Å². The standard InChI is InChI=1S/C21H26ClF3N4O5S/c22-21(19(31)32)17(34-11-13-14(23)3-4-15(24)16(13)25)28-35-18(21)27-20(33)26-7-5-12(30)6-10-29-8-1-2-9-29/h3-4,12,18,30H,1-2,5-11H2,(H,31,32)(H2,26,27,33). The lowest BCUT2D eigenvalue weighted by molar-refractivity contribution is -0.138. The lowest BCUT2D eigenvalue weighted by Crippen LogP contribution is -2.56. The minimum Gasteiger partial charge on any atom is -0.479 e. The van der Waals surface area contributed by atoms with Crippen molar-refractivity contribution in [1.29, 1.82) is 0 Å². The van der Waals surface area contributed by atoms with Gasteiger partial charge in [0.05, 0.1) is 11.7 Å². The summed E-state index contributed by atoms with van der Waals surface area (Å²) >= 11 is 6.81. The van der Waals surface area contributed by atoms with E-state index >= 15 is 0 Å². The Morgan fingerprint density at radius 1 is 1.26 bits per heavy atom. The van der Waals surface area contributed by atoms with E-state index in [1.807, 2.05) is 0 Å². The molecule has 1 saturated heterocycles. The highest BCUT2D eigenvalue weighted by molar-refractivity contribution is 7.99. The molecule has 2 aliphatic heterocycles. The third kappa shape index (κ3) is 6.72. The summed E-state index contributed by atoms with van der Waals surface area (Å²) < 4.78 is 50.0. The summed E-state index contributed by atoms with van der Waals surface area (Å²) in [5.41, 5.74) is -0.764. The van der Waals surface area contributed by atoms with Gasteiger partial charge in [-0.15, -0.1) is 0 Å². The van der Waals surface area contributed by atoms with Crippen molar-refractivity contribution in [2.75, 3.05) is 26.2 Å². The Morgan fingerprint density at radius 2 is 1.94 bits per heavy atom. The van der Waals surface area contributed by atoms with Crippen molar-refractivity contribution < 1.29 is 37.7 Å². The third-order valence-electron chi connectivity index (χ3n) is 5.72. The van der Waals surface area contributed by atoms with Crippen LogP contribution in [0.4, 0.5) is 18.0 Å². The number of rotatable bonds is 10. The molecule has 3 atom stereocenters. The fourth-order valence-electron chi connectivity index (χ4n) is 3.66. The molecule has 2 heterocycles. The Labute approximate surface area is 209 Å². The van der Waals surface area contributed by atoms with Crippen molar-refractivity contribution in [2.24, 2.45) is 4.40 Å². The number of nitrogens with one attached hydrogen (secondary N) is 2. The summed E-state index contributed by atoms with van der Waals surface area (Å²) in [5.74, 6) is -6.11. The third-order valence-corrected chi connectivity index (χ3v) is 7.34. The Bertz CT molecular complexity index is 969. The molecule has 35 heavy (non-hydrogen) atoms. The number of hydrogen-bond donors (Lipinski definition) is 4. The molecule has 0 aromatic heterocycles. The molecule has 0 radical (unpaired) electrons. The predicted octanol–water partition coefficient (Wildman–Crippen LogP) is 2.61. The Hall–Kier alpha value is -2.22. The summed E-state index contributed by atoms with van der Waals surface area (Å²) in [4.78, 5) is 24.0. The molecule has 194 valence electrons. The monoisotopic (exact) mass is 538 g/mol. The lowest BCUT2D eigenvalue weighted by atomic mass is 10.1. The summed E-state index contributed by atoms with van der Waals surface area (Å²) in [6, 6.07) is 0.552. The molecule has 4 N–H and O–H groups in total. The quantitative estimate of drug-likeness (QED) is 0.205. The van der Waals surface area contributed by atoms with Crippen molar-refractivity contribution in [3.63, 3.8) is 0 Å². The van der Waals surface area contributed by atoms with Gasteiger partial charge < -0.3 is 30.5 Å². The second-order valence-corrected chi connectivity index (χ2v) is 9.65. The Morgan fingerprint density at radius 3 is 2.63 bits per heavy atom. The highest BCUT2D eigenvalue weighted by atomic mass is 35.5. The van der Waals surface area contributed by atoms with E-state index in [9.17, 15) is 33.0 Å². The number of ether oxygens (including phenoxy) is 1. The van der Waals surface area contributed by atoms with Gasteiger partial charge in [0.2, 0.25) is 10.8 Å². The number of aliphatic hydroxyl groups is 1. The second-order valence-electron chi connectivity index (χ2n) is 8.19. The summed E-state index contributed by atoms with van der Waals surface area (Å²) in [6.07, 6.45) is 2.59. The fourth-order valence-corrected chi connectivity index (χ4v) is 4.88. The zero-order valence-corrected chi connectivity index (χ0v) is 20.2.